The van der Waals surface area contributed by atoms with Crippen molar-refractivity contribution in [3.63, 3.8) is 0 Å². The third-order valence-corrected chi connectivity index (χ3v) is 4.89. The molecule has 0 fully saturated rings. The van der Waals surface area contributed by atoms with Crippen LogP contribution in [0.3, 0.4) is 0 Å². The van der Waals surface area contributed by atoms with Gasteiger partial charge in [-0.3, -0.25) is 14.9 Å². The van der Waals surface area contributed by atoms with E-state index in [0.717, 1.165) is 16.5 Å². The number of nitrogens with one attached hydrogen (secondary N) is 2. The molecule has 30 heavy (non-hydrogen) atoms. The van der Waals surface area contributed by atoms with Gasteiger partial charge in [-0.15, -0.1) is 0 Å². The number of nitro groups is 1. The van der Waals surface area contributed by atoms with Gasteiger partial charge in [0.1, 0.15) is 17.0 Å². The topological polar surface area (TPSA) is 97.4 Å². The van der Waals surface area contributed by atoms with E-state index in [4.69, 9.17) is 4.42 Å². The zero-order valence-corrected chi connectivity index (χ0v) is 17.4. The Bertz CT molecular complexity index is 1250. The van der Waals surface area contributed by atoms with Crippen LogP contribution in [0.15, 0.2) is 75.6 Å². The summed E-state index contributed by atoms with van der Waals surface area (Å²) < 4.78 is 6.55. The van der Waals surface area contributed by atoms with Crippen LogP contribution in [-0.4, -0.2) is 10.8 Å². The number of anilines is 3. The van der Waals surface area contributed by atoms with Crippen molar-refractivity contribution in [1.82, 2.24) is 0 Å². The number of fused-ring (bicyclic) bond motifs is 1. The quantitative estimate of drug-likeness (QED) is 0.260. The van der Waals surface area contributed by atoms with Crippen LogP contribution >= 0.6 is 15.9 Å². The van der Waals surface area contributed by atoms with Crippen molar-refractivity contribution < 1.29 is 14.1 Å². The first kappa shape index (κ1) is 19.7. The van der Waals surface area contributed by atoms with Gasteiger partial charge in [0.15, 0.2) is 0 Å². The zero-order chi connectivity index (χ0) is 21.3. The minimum Gasteiger partial charge on any atom is -0.456 e. The summed E-state index contributed by atoms with van der Waals surface area (Å²) >= 11 is 3.26. The summed E-state index contributed by atoms with van der Waals surface area (Å²) in [6.07, 6.45) is 0. The van der Waals surface area contributed by atoms with Gasteiger partial charge in [-0.1, -0.05) is 34.1 Å². The summed E-state index contributed by atoms with van der Waals surface area (Å²) in [5.74, 6) is 0.397. The van der Waals surface area contributed by atoms with Crippen molar-refractivity contribution in [3.05, 3.63) is 81.3 Å². The fourth-order valence-corrected chi connectivity index (χ4v) is 3.51. The Labute approximate surface area is 180 Å². The van der Waals surface area contributed by atoms with Crippen molar-refractivity contribution in [1.29, 1.82) is 0 Å². The summed E-state index contributed by atoms with van der Waals surface area (Å²) in [5, 5.41) is 18.2. The zero-order valence-electron chi connectivity index (χ0n) is 15.8. The second-order valence-electron chi connectivity index (χ2n) is 6.67. The molecule has 2 N–H and O–H groups in total. The summed E-state index contributed by atoms with van der Waals surface area (Å²) in [6, 6.07) is 19.6. The van der Waals surface area contributed by atoms with Crippen molar-refractivity contribution in [2.24, 2.45) is 0 Å². The standard InChI is InChI=1S/C22H16BrN3O4/c1-13(27)24-17-8-15(22-10-14-4-2-3-5-21(14)30-22)9-18(12-17)25-19-7-6-16(23)11-20(19)26(28)29/h2-12,25H,1H3,(H,24,27). The number of carbonyl (C=O) groups is 1. The molecule has 7 nitrogen and oxygen atoms in total. The Balaban J connectivity index is 1.79. The molecule has 4 rings (SSSR count). The fraction of sp³-hybridized carbons (Fsp3) is 0.0455. The monoisotopic (exact) mass is 465 g/mol. The van der Waals surface area contributed by atoms with E-state index in [0.29, 0.717) is 27.3 Å². The molecule has 1 amide bonds. The molecule has 1 heterocycles. The molecule has 0 aliphatic heterocycles. The second kappa shape index (κ2) is 8.00. The maximum atomic E-state index is 11.6. The number of halogens is 1. The number of furan rings is 1. The number of hydrogen-bond acceptors (Lipinski definition) is 5. The molecule has 1 aromatic heterocycles. The van der Waals surface area contributed by atoms with Gasteiger partial charge in [-0.25, -0.2) is 0 Å². The van der Waals surface area contributed by atoms with Gasteiger partial charge < -0.3 is 15.1 Å². The first-order valence-corrected chi connectivity index (χ1v) is 9.81. The number of nitro benzene ring substituents is 1. The Kier molecular flexibility index (Phi) is 5.24. The molecule has 8 heteroatoms. The van der Waals surface area contributed by atoms with Gasteiger partial charge in [0.05, 0.1) is 4.92 Å². The number of nitrogens with zero attached hydrogens (tertiary/aromatic N) is 1. The highest BCUT2D eigenvalue weighted by molar-refractivity contribution is 9.10. The molecule has 0 saturated heterocycles. The minimum atomic E-state index is -0.453. The predicted molar refractivity (Wildman–Crippen MR) is 120 cm³/mol. The van der Waals surface area contributed by atoms with E-state index < -0.39 is 4.92 Å². The van der Waals surface area contributed by atoms with Gasteiger partial charge >= 0.3 is 0 Å². The molecule has 0 aliphatic rings. The smallest absolute Gasteiger partial charge is 0.293 e. The minimum absolute atomic E-state index is 0.0698. The van der Waals surface area contributed by atoms with Gasteiger partial charge in [0.25, 0.3) is 5.69 Å². The molecular weight excluding hydrogens is 450 g/mol. The molecule has 3 aromatic carbocycles. The number of carbonyl (C=O) groups excluding carboxylic acids is 1. The molecule has 0 unspecified atom stereocenters. The lowest BCUT2D eigenvalue weighted by Gasteiger charge is -2.12. The van der Waals surface area contributed by atoms with E-state index in [1.54, 1.807) is 24.3 Å². The largest absolute Gasteiger partial charge is 0.456 e. The van der Waals surface area contributed by atoms with E-state index in [2.05, 4.69) is 26.6 Å². The van der Waals surface area contributed by atoms with Crippen LogP contribution in [-0.2, 0) is 4.79 Å². The lowest BCUT2D eigenvalue weighted by atomic mass is 10.1. The molecule has 0 atom stereocenters. The first-order chi connectivity index (χ1) is 14.4. The van der Waals surface area contributed by atoms with Gasteiger partial charge in [0, 0.05) is 39.8 Å². The molecule has 4 aromatic rings. The molecule has 0 radical (unpaired) electrons. The molecule has 0 bridgehead atoms. The average Bonchev–Trinajstić information content (AvgIpc) is 3.13. The van der Waals surface area contributed by atoms with Crippen molar-refractivity contribution in [2.45, 2.75) is 6.92 Å². The summed E-state index contributed by atoms with van der Waals surface area (Å²) in [6.45, 7) is 1.42. The van der Waals surface area contributed by atoms with Crippen molar-refractivity contribution >= 4 is 55.6 Å². The van der Waals surface area contributed by atoms with Crippen LogP contribution in [0, 0.1) is 10.1 Å². The van der Waals surface area contributed by atoms with Crippen LogP contribution in [0.1, 0.15) is 6.92 Å². The average molecular weight is 466 g/mol. The molecule has 0 saturated carbocycles. The van der Waals surface area contributed by atoms with Crippen LogP contribution < -0.4 is 10.6 Å². The van der Waals surface area contributed by atoms with Gasteiger partial charge in [0.2, 0.25) is 5.91 Å². The van der Waals surface area contributed by atoms with E-state index in [1.165, 1.54) is 13.0 Å². The van der Waals surface area contributed by atoms with Gasteiger partial charge in [-0.05, 0) is 42.5 Å². The highest BCUT2D eigenvalue weighted by atomic mass is 79.9. The lowest BCUT2D eigenvalue weighted by Crippen LogP contribution is -2.06. The Morgan fingerprint density at radius 1 is 1.03 bits per heavy atom. The van der Waals surface area contributed by atoms with Gasteiger partial charge in [-0.2, -0.15) is 0 Å². The third-order valence-electron chi connectivity index (χ3n) is 4.40. The number of para-hydroxylation sites is 1. The number of benzene rings is 3. The van der Waals surface area contributed by atoms with Crippen LogP contribution in [0.4, 0.5) is 22.7 Å². The highest BCUT2D eigenvalue weighted by Crippen LogP contribution is 2.35. The highest BCUT2D eigenvalue weighted by Gasteiger charge is 2.16. The van der Waals surface area contributed by atoms with E-state index in [9.17, 15) is 14.9 Å². The predicted octanol–water partition coefficient (Wildman–Crippen LogP) is 6.47. The first-order valence-electron chi connectivity index (χ1n) is 9.01. The number of amides is 1. The normalized spacial score (nSPS) is 10.7. The van der Waals surface area contributed by atoms with Crippen LogP contribution in [0.2, 0.25) is 0 Å². The lowest BCUT2D eigenvalue weighted by molar-refractivity contribution is -0.384. The fourth-order valence-electron chi connectivity index (χ4n) is 3.16. The van der Waals surface area contributed by atoms with Crippen LogP contribution in [0.5, 0.6) is 0 Å². The third kappa shape index (κ3) is 4.18. The van der Waals surface area contributed by atoms with E-state index in [-0.39, 0.29) is 11.6 Å². The van der Waals surface area contributed by atoms with Crippen molar-refractivity contribution in [2.75, 3.05) is 10.6 Å². The molecule has 0 spiro atoms. The summed E-state index contributed by atoms with van der Waals surface area (Å²) in [5.41, 5.74) is 2.85. The second-order valence-corrected chi connectivity index (χ2v) is 7.59. The summed E-state index contributed by atoms with van der Waals surface area (Å²) in [4.78, 5) is 22.6. The van der Waals surface area contributed by atoms with Crippen LogP contribution in [0.25, 0.3) is 22.3 Å². The van der Waals surface area contributed by atoms with Crippen molar-refractivity contribution in [3.8, 4) is 11.3 Å². The molecular formula is C22H16BrN3O4. The Hall–Kier alpha value is -3.65. The maximum Gasteiger partial charge on any atom is 0.293 e. The summed E-state index contributed by atoms with van der Waals surface area (Å²) in [7, 11) is 0. The molecule has 0 aliphatic carbocycles. The van der Waals surface area contributed by atoms with E-state index in [1.807, 2.05) is 36.4 Å². The maximum absolute atomic E-state index is 11.6. The van der Waals surface area contributed by atoms with E-state index >= 15 is 0 Å². The number of hydrogen-bond donors (Lipinski definition) is 2. The number of rotatable bonds is 5. The Morgan fingerprint density at radius 2 is 1.80 bits per heavy atom. The Morgan fingerprint density at radius 3 is 2.53 bits per heavy atom. The SMILES string of the molecule is CC(=O)Nc1cc(Nc2ccc(Br)cc2[N+](=O)[O-])cc(-c2cc3ccccc3o2)c1. The molecule has 150 valence electrons.